The Morgan fingerprint density at radius 1 is 1.03 bits per heavy atom. The SMILES string of the molecule is CCC(O)C#Cc1ccc2ncnc(N(c3ccccc3)c3ccc(O)cc3OC)c2c1. The summed E-state index contributed by atoms with van der Waals surface area (Å²) in [6.45, 7) is 1.88. The summed E-state index contributed by atoms with van der Waals surface area (Å²) in [5.41, 5.74) is 3.10. The molecular formula is C26H23N3O3. The minimum atomic E-state index is -0.667. The molecule has 4 rings (SSSR count). The summed E-state index contributed by atoms with van der Waals surface area (Å²) >= 11 is 0. The number of hydrogen-bond acceptors (Lipinski definition) is 6. The molecule has 0 saturated carbocycles. The highest BCUT2D eigenvalue weighted by Crippen LogP contribution is 2.42. The lowest BCUT2D eigenvalue weighted by molar-refractivity contribution is 0.228. The van der Waals surface area contributed by atoms with Gasteiger partial charge >= 0.3 is 0 Å². The third kappa shape index (κ3) is 4.34. The lowest BCUT2D eigenvalue weighted by Gasteiger charge is -2.26. The summed E-state index contributed by atoms with van der Waals surface area (Å²) in [5.74, 6) is 7.14. The van der Waals surface area contributed by atoms with Gasteiger partial charge in [-0.3, -0.25) is 4.90 Å². The summed E-state index contributed by atoms with van der Waals surface area (Å²) in [4.78, 5) is 11.0. The van der Waals surface area contributed by atoms with Gasteiger partial charge < -0.3 is 14.9 Å². The molecule has 1 heterocycles. The van der Waals surface area contributed by atoms with E-state index in [0.29, 0.717) is 18.0 Å². The fourth-order valence-electron chi connectivity index (χ4n) is 3.37. The first kappa shape index (κ1) is 21.2. The number of aliphatic hydroxyl groups is 1. The van der Waals surface area contributed by atoms with Gasteiger partial charge in [0.2, 0.25) is 0 Å². The van der Waals surface area contributed by atoms with Crippen molar-refractivity contribution in [2.45, 2.75) is 19.4 Å². The van der Waals surface area contributed by atoms with Gasteiger partial charge in [0.25, 0.3) is 0 Å². The molecule has 6 heteroatoms. The van der Waals surface area contributed by atoms with Gasteiger partial charge in [-0.25, -0.2) is 9.97 Å². The highest BCUT2D eigenvalue weighted by molar-refractivity contribution is 5.96. The summed E-state index contributed by atoms with van der Waals surface area (Å²) in [5, 5.41) is 20.6. The standard InChI is InChI=1S/C26H23N3O3/c1-3-20(30)11-9-18-10-13-23-22(15-18)26(28-17-27-23)29(19-7-5-4-6-8-19)24-14-12-21(31)16-25(24)32-2/h4-8,10,12-17,20,30-31H,3H2,1-2H3. The van der Waals surface area contributed by atoms with Crippen LogP contribution >= 0.6 is 0 Å². The van der Waals surface area contributed by atoms with Crippen molar-refractivity contribution in [3.63, 3.8) is 0 Å². The van der Waals surface area contributed by atoms with E-state index in [9.17, 15) is 10.2 Å². The molecule has 0 radical (unpaired) electrons. The van der Waals surface area contributed by atoms with Crippen LogP contribution in [0.1, 0.15) is 18.9 Å². The molecule has 160 valence electrons. The Hall–Kier alpha value is -4.08. The van der Waals surface area contributed by atoms with Gasteiger partial charge in [0.05, 0.1) is 18.3 Å². The number of ether oxygens (including phenoxy) is 1. The highest BCUT2D eigenvalue weighted by atomic mass is 16.5. The second-order valence-electron chi connectivity index (χ2n) is 7.15. The summed E-state index contributed by atoms with van der Waals surface area (Å²) in [6.07, 6.45) is 1.42. The topological polar surface area (TPSA) is 78.7 Å². The molecule has 0 aliphatic carbocycles. The lowest BCUT2D eigenvalue weighted by Crippen LogP contribution is -2.13. The van der Waals surface area contributed by atoms with E-state index in [2.05, 4.69) is 21.8 Å². The fourth-order valence-corrected chi connectivity index (χ4v) is 3.37. The molecule has 0 saturated heterocycles. The van der Waals surface area contributed by atoms with Crippen molar-refractivity contribution in [3.05, 3.63) is 78.6 Å². The van der Waals surface area contributed by atoms with Crippen molar-refractivity contribution < 1.29 is 14.9 Å². The maximum atomic E-state index is 9.96. The molecule has 1 unspecified atom stereocenters. The second kappa shape index (κ2) is 9.38. The third-order valence-electron chi connectivity index (χ3n) is 5.01. The molecule has 0 amide bonds. The molecular weight excluding hydrogens is 402 g/mol. The molecule has 3 aromatic carbocycles. The van der Waals surface area contributed by atoms with E-state index in [-0.39, 0.29) is 5.75 Å². The van der Waals surface area contributed by atoms with E-state index in [0.717, 1.165) is 27.8 Å². The average Bonchev–Trinajstić information content (AvgIpc) is 2.84. The molecule has 6 nitrogen and oxygen atoms in total. The van der Waals surface area contributed by atoms with Gasteiger partial charge in [0.1, 0.15) is 29.7 Å². The number of methoxy groups -OCH3 is 1. The average molecular weight is 425 g/mol. The number of anilines is 3. The van der Waals surface area contributed by atoms with Crippen LogP contribution in [0.3, 0.4) is 0 Å². The Bertz CT molecular complexity index is 1300. The second-order valence-corrected chi connectivity index (χ2v) is 7.15. The van der Waals surface area contributed by atoms with Crippen LogP contribution in [0, 0.1) is 11.8 Å². The van der Waals surface area contributed by atoms with Crippen molar-refractivity contribution >= 4 is 28.1 Å². The molecule has 4 aromatic rings. The van der Waals surface area contributed by atoms with Gasteiger partial charge in [0, 0.05) is 22.7 Å². The van der Waals surface area contributed by atoms with Crippen molar-refractivity contribution in [1.29, 1.82) is 0 Å². The molecule has 0 aliphatic heterocycles. The number of aliphatic hydroxyl groups excluding tert-OH is 1. The highest BCUT2D eigenvalue weighted by Gasteiger charge is 2.21. The van der Waals surface area contributed by atoms with E-state index in [4.69, 9.17) is 4.74 Å². The Morgan fingerprint density at radius 2 is 1.84 bits per heavy atom. The maximum Gasteiger partial charge on any atom is 0.149 e. The van der Waals surface area contributed by atoms with Crippen LogP contribution in [0.5, 0.6) is 11.5 Å². The molecule has 0 spiro atoms. The number of nitrogens with zero attached hydrogens (tertiary/aromatic N) is 3. The first-order valence-corrected chi connectivity index (χ1v) is 10.3. The monoisotopic (exact) mass is 425 g/mol. The Kier molecular flexibility index (Phi) is 6.20. The molecule has 1 aromatic heterocycles. The lowest BCUT2D eigenvalue weighted by atomic mass is 10.1. The predicted octanol–water partition coefficient (Wildman–Crippen LogP) is 4.94. The summed E-state index contributed by atoms with van der Waals surface area (Å²) in [7, 11) is 1.56. The minimum absolute atomic E-state index is 0.109. The van der Waals surface area contributed by atoms with Crippen LogP contribution < -0.4 is 9.64 Å². The number of hydrogen-bond donors (Lipinski definition) is 2. The van der Waals surface area contributed by atoms with E-state index in [1.165, 1.54) is 6.33 Å². The van der Waals surface area contributed by atoms with Crippen molar-refractivity contribution in [1.82, 2.24) is 9.97 Å². The number of rotatable bonds is 5. The molecule has 0 aliphatic rings. The van der Waals surface area contributed by atoms with Crippen LogP contribution in [0.2, 0.25) is 0 Å². The van der Waals surface area contributed by atoms with E-state index in [1.807, 2.05) is 60.4 Å². The molecule has 0 fully saturated rings. The predicted molar refractivity (Wildman–Crippen MR) is 126 cm³/mol. The van der Waals surface area contributed by atoms with Crippen LogP contribution in [-0.2, 0) is 0 Å². The number of phenols is 1. The van der Waals surface area contributed by atoms with Gasteiger partial charge in [-0.05, 0) is 48.9 Å². The van der Waals surface area contributed by atoms with Crippen LogP contribution in [-0.4, -0.2) is 33.4 Å². The smallest absolute Gasteiger partial charge is 0.149 e. The first-order valence-electron chi connectivity index (χ1n) is 10.3. The zero-order valence-electron chi connectivity index (χ0n) is 17.9. The Morgan fingerprint density at radius 3 is 2.59 bits per heavy atom. The zero-order valence-corrected chi connectivity index (χ0v) is 17.9. The molecule has 1 atom stereocenters. The van der Waals surface area contributed by atoms with Crippen molar-refractivity contribution in [2.24, 2.45) is 0 Å². The number of phenolic OH excluding ortho intramolecular Hbond substituents is 1. The molecule has 32 heavy (non-hydrogen) atoms. The fraction of sp³-hybridized carbons (Fsp3) is 0.154. The number of aromatic nitrogens is 2. The zero-order chi connectivity index (χ0) is 22.5. The molecule has 2 N–H and O–H groups in total. The maximum absolute atomic E-state index is 9.96. The van der Waals surface area contributed by atoms with Crippen molar-refractivity contribution in [3.8, 4) is 23.3 Å². The normalized spacial score (nSPS) is 11.5. The number of para-hydroxylation sites is 1. The van der Waals surface area contributed by atoms with Crippen LogP contribution in [0.4, 0.5) is 17.2 Å². The summed E-state index contributed by atoms with van der Waals surface area (Å²) < 4.78 is 5.57. The first-order chi connectivity index (χ1) is 15.6. The minimum Gasteiger partial charge on any atom is -0.508 e. The van der Waals surface area contributed by atoms with E-state index >= 15 is 0 Å². The largest absolute Gasteiger partial charge is 0.508 e. The van der Waals surface area contributed by atoms with Gasteiger partial charge in [0.15, 0.2) is 0 Å². The number of benzene rings is 3. The van der Waals surface area contributed by atoms with Gasteiger partial charge in [-0.1, -0.05) is 37.0 Å². The Labute approximate surface area is 186 Å². The van der Waals surface area contributed by atoms with E-state index in [1.54, 1.807) is 25.3 Å². The number of aromatic hydroxyl groups is 1. The van der Waals surface area contributed by atoms with E-state index < -0.39 is 6.10 Å². The molecule has 0 bridgehead atoms. The van der Waals surface area contributed by atoms with Gasteiger partial charge in [-0.15, -0.1) is 0 Å². The van der Waals surface area contributed by atoms with Gasteiger partial charge in [-0.2, -0.15) is 0 Å². The van der Waals surface area contributed by atoms with Crippen molar-refractivity contribution in [2.75, 3.05) is 12.0 Å². The summed E-state index contributed by atoms with van der Waals surface area (Å²) in [6, 6.07) is 20.4. The van der Waals surface area contributed by atoms with Crippen LogP contribution in [0.15, 0.2) is 73.1 Å². The van der Waals surface area contributed by atoms with Crippen LogP contribution in [0.25, 0.3) is 10.9 Å². The third-order valence-corrected chi connectivity index (χ3v) is 5.01. The Balaban J connectivity index is 1.95. The number of fused-ring (bicyclic) bond motifs is 1. The quantitative estimate of drug-likeness (QED) is 0.441.